The molecular formula is C18H22N2O2S2. The van der Waals surface area contributed by atoms with E-state index in [9.17, 15) is 8.42 Å². The third kappa shape index (κ3) is 5.04. The summed E-state index contributed by atoms with van der Waals surface area (Å²) in [4.78, 5) is 0.321. The van der Waals surface area contributed by atoms with Gasteiger partial charge in [0.2, 0.25) is 0 Å². The molecular weight excluding hydrogens is 340 g/mol. The summed E-state index contributed by atoms with van der Waals surface area (Å²) in [7, 11) is -3.18. The predicted octanol–water partition coefficient (Wildman–Crippen LogP) is 3.84. The molecule has 24 heavy (non-hydrogen) atoms. The van der Waals surface area contributed by atoms with Crippen molar-refractivity contribution in [3.63, 3.8) is 0 Å². The van der Waals surface area contributed by atoms with Gasteiger partial charge in [-0.15, -0.1) is 0 Å². The smallest absolute Gasteiger partial charge is 0.175 e. The topological polar surface area (TPSA) is 58.2 Å². The van der Waals surface area contributed by atoms with Crippen LogP contribution < -0.4 is 10.6 Å². The molecule has 0 fully saturated rings. The van der Waals surface area contributed by atoms with E-state index in [1.165, 1.54) is 6.26 Å². The van der Waals surface area contributed by atoms with Crippen molar-refractivity contribution in [1.29, 1.82) is 0 Å². The fraction of sp³-hybridized carbons (Fsp3) is 0.278. The van der Waals surface area contributed by atoms with Crippen molar-refractivity contribution in [3.8, 4) is 0 Å². The van der Waals surface area contributed by atoms with Gasteiger partial charge in [-0.05, 0) is 61.0 Å². The van der Waals surface area contributed by atoms with E-state index in [1.807, 2.05) is 43.3 Å². The molecule has 0 amide bonds. The molecule has 0 saturated heterocycles. The second-order valence-corrected chi connectivity index (χ2v) is 8.19. The number of nitrogens with one attached hydrogen (secondary N) is 2. The van der Waals surface area contributed by atoms with Crippen LogP contribution >= 0.6 is 12.2 Å². The average Bonchev–Trinajstić information content (AvgIpc) is 2.52. The summed E-state index contributed by atoms with van der Waals surface area (Å²) in [6.45, 7) is 4.08. The standard InChI is InChI=1S/C18H22N2O2S2/c1-4-17(14-8-10-16(11-9-14)24(3,21)22)20-18(23)19-15-7-5-6-13(2)12-15/h5-12,17H,4H2,1-3H3,(H2,19,20,23)/t17-/m1/s1. The summed E-state index contributed by atoms with van der Waals surface area (Å²) in [5.41, 5.74) is 3.10. The quantitative estimate of drug-likeness (QED) is 0.792. The van der Waals surface area contributed by atoms with E-state index < -0.39 is 9.84 Å². The summed E-state index contributed by atoms with van der Waals surface area (Å²) in [6.07, 6.45) is 2.03. The van der Waals surface area contributed by atoms with Gasteiger partial charge in [0, 0.05) is 11.9 Å². The maximum atomic E-state index is 11.5. The van der Waals surface area contributed by atoms with Crippen LogP contribution in [0, 0.1) is 6.92 Å². The molecule has 0 unspecified atom stereocenters. The van der Waals surface area contributed by atoms with E-state index in [-0.39, 0.29) is 6.04 Å². The Morgan fingerprint density at radius 2 is 1.83 bits per heavy atom. The molecule has 0 bridgehead atoms. The summed E-state index contributed by atoms with van der Waals surface area (Å²) in [5.74, 6) is 0. The molecule has 2 aromatic rings. The Morgan fingerprint density at radius 3 is 2.38 bits per heavy atom. The highest BCUT2D eigenvalue weighted by atomic mass is 32.2. The number of hydrogen-bond donors (Lipinski definition) is 2. The van der Waals surface area contributed by atoms with Crippen LogP contribution in [0.2, 0.25) is 0 Å². The van der Waals surface area contributed by atoms with Crippen molar-refractivity contribution in [3.05, 3.63) is 59.7 Å². The van der Waals surface area contributed by atoms with E-state index >= 15 is 0 Å². The number of anilines is 1. The normalized spacial score (nSPS) is 12.5. The maximum Gasteiger partial charge on any atom is 0.175 e. The molecule has 2 rings (SSSR count). The van der Waals surface area contributed by atoms with Crippen molar-refractivity contribution in [1.82, 2.24) is 5.32 Å². The lowest BCUT2D eigenvalue weighted by molar-refractivity contribution is 0.601. The SMILES string of the molecule is CC[C@@H](NC(=S)Nc1cccc(C)c1)c1ccc(S(C)(=O)=O)cc1. The van der Waals surface area contributed by atoms with E-state index in [4.69, 9.17) is 12.2 Å². The van der Waals surface area contributed by atoms with Crippen LogP contribution in [0.25, 0.3) is 0 Å². The van der Waals surface area contributed by atoms with Gasteiger partial charge in [0.1, 0.15) is 0 Å². The van der Waals surface area contributed by atoms with Gasteiger partial charge in [-0.25, -0.2) is 8.42 Å². The van der Waals surface area contributed by atoms with Gasteiger partial charge in [0.25, 0.3) is 0 Å². The number of thiocarbonyl (C=S) groups is 1. The van der Waals surface area contributed by atoms with Crippen LogP contribution in [0.5, 0.6) is 0 Å². The van der Waals surface area contributed by atoms with Gasteiger partial charge in [-0.3, -0.25) is 0 Å². The summed E-state index contributed by atoms with van der Waals surface area (Å²) >= 11 is 5.39. The Hall–Kier alpha value is -1.92. The molecule has 0 radical (unpaired) electrons. The highest BCUT2D eigenvalue weighted by molar-refractivity contribution is 7.90. The minimum absolute atomic E-state index is 0.0171. The van der Waals surface area contributed by atoms with Gasteiger partial charge in [-0.2, -0.15) is 0 Å². The van der Waals surface area contributed by atoms with E-state index in [0.717, 1.165) is 23.2 Å². The largest absolute Gasteiger partial charge is 0.356 e. The first-order valence-corrected chi connectivity index (χ1v) is 10.0. The minimum Gasteiger partial charge on any atom is -0.356 e. The first-order valence-electron chi connectivity index (χ1n) is 7.74. The van der Waals surface area contributed by atoms with Crippen molar-refractivity contribution >= 4 is 32.9 Å². The summed E-state index contributed by atoms with van der Waals surface area (Å²) in [5, 5.41) is 7.00. The zero-order chi connectivity index (χ0) is 17.7. The molecule has 6 heteroatoms. The molecule has 0 spiro atoms. The zero-order valence-electron chi connectivity index (χ0n) is 14.0. The first-order chi connectivity index (χ1) is 11.3. The third-order valence-corrected chi connectivity index (χ3v) is 5.05. The van der Waals surface area contributed by atoms with Gasteiger partial charge in [-0.1, -0.05) is 31.2 Å². The van der Waals surface area contributed by atoms with Crippen LogP contribution in [-0.2, 0) is 9.84 Å². The van der Waals surface area contributed by atoms with Crippen LogP contribution in [0.1, 0.15) is 30.5 Å². The molecule has 0 aliphatic rings. The fourth-order valence-electron chi connectivity index (χ4n) is 2.42. The molecule has 4 nitrogen and oxygen atoms in total. The molecule has 2 aromatic carbocycles. The van der Waals surface area contributed by atoms with E-state index in [2.05, 4.69) is 17.6 Å². The van der Waals surface area contributed by atoms with E-state index in [1.54, 1.807) is 12.1 Å². The molecule has 0 aliphatic carbocycles. The predicted molar refractivity (Wildman–Crippen MR) is 103 cm³/mol. The lowest BCUT2D eigenvalue weighted by Crippen LogP contribution is -2.32. The van der Waals surface area contributed by atoms with Crippen molar-refractivity contribution in [2.24, 2.45) is 0 Å². The Morgan fingerprint density at radius 1 is 1.17 bits per heavy atom. The number of sulfone groups is 1. The summed E-state index contributed by atoms with van der Waals surface area (Å²) < 4.78 is 23.1. The van der Waals surface area contributed by atoms with Crippen LogP contribution in [0.4, 0.5) is 5.69 Å². The third-order valence-electron chi connectivity index (χ3n) is 3.70. The lowest BCUT2D eigenvalue weighted by atomic mass is 10.1. The molecule has 0 saturated carbocycles. The number of hydrogen-bond acceptors (Lipinski definition) is 3. The second-order valence-electron chi connectivity index (χ2n) is 5.77. The molecule has 128 valence electrons. The maximum absolute atomic E-state index is 11.5. The number of rotatable bonds is 5. The van der Waals surface area contributed by atoms with Gasteiger partial charge >= 0.3 is 0 Å². The van der Waals surface area contributed by atoms with Crippen molar-refractivity contribution in [2.45, 2.75) is 31.2 Å². The van der Waals surface area contributed by atoms with Crippen LogP contribution in [0.3, 0.4) is 0 Å². The zero-order valence-corrected chi connectivity index (χ0v) is 15.7. The van der Waals surface area contributed by atoms with Crippen LogP contribution in [0.15, 0.2) is 53.4 Å². The van der Waals surface area contributed by atoms with Gasteiger partial charge < -0.3 is 10.6 Å². The molecule has 2 N–H and O–H groups in total. The van der Waals surface area contributed by atoms with E-state index in [0.29, 0.717) is 10.0 Å². The Kier molecular flexibility index (Phi) is 5.96. The highest BCUT2D eigenvalue weighted by Crippen LogP contribution is 2.19. The van der Waals surface area contributed by atoms with Gasteiger partial charge in [0.15, 0.2) is 14.9 Å². The minimum atomic E-state index is -3.18. The van der Waals surface area contributed by atoms with Crippen molar-refractivity contribution < 1.29 is 8.42 Å². The number of benzene rings is 2. The molecule has 0 heterocycles. The molecule has 1 atom stereocenters. The van der Waals surface area contributed by atoms with Crippen molar-refractivity contribution in [2.75, 3.05) is 11.6 Å². The average molecular weight is 363 g/mol. The monoisotopic (exact) mass is 362 g/mol. The highest BCUT2D eigenvalue weighted by Gasteiger charge is 2.13. The van der Waals surface area contributed by atoms with Gasteiger partial charge in [0.05, 0.1) is 10.9 Å². The Bertz CT molecular complexity index is 815. The number of aryl methyl sites for hydroxylation is 1. The molecule has 0 aliphatic heterocycles. The second kappa shape index (κ2) is 7.77. The first kappa shape index (κ1) is 18.4. The van der Waals surface area contributed by atoms with Crippen LogP contribution in [-0.4, -0.2) is 19.8 Å². The molecule has 0 aromatic heterocycles. The Labute approximate surface area is 149 Å². The Balaban J connectivity index is 2.07. The lowest BCUT2D eigenvalue weighted by Gasteiger charge is -2.20. The summed E-state index contributed by atoms with van der Waals surface area (Å²) in [6, 6.07) is 14.9. The fourth-order valence-corrected chi connectivity index (χ4v) is 3.31.